The Balaban J connectivity index is 2.14. The van der Waals surface area contributed by atoms with Crippen LogP contribution in [0.15, 0.2) is 25.0 Å². The maximum atomic E-state index is 5.45. The van der Waals surface area contributed by atoms with Crippen molar-refractivity contribution >= 4 is 0 Å². The summed E-state index contributed by atoms with van der Waals surface area (Å²) in [4.78, 5) is 8.45. The van der Waals surface area contributed by atoms with Gasteiger partial charge in [0, 0.05) is 18.9 Å². The molecule has 1 N–H and O–H groups in total. The zero-order valence-electron chi connectivity index (χ0n) is 9.06. The Kier molecular flexibility index (Phi) is 3.85. The van der Waals surface area contributed by atoms with E-state index in [1.54, 1.807) is 18.5 Å². The Morgan fingerprint density at radius 2 is 2.44 bits per heavy atom. The number of morpholine rings is 1. The highest BCUT2D eigenvalue weighted by Gasteiger charge is 2.21. The van der Waals surface area contributed by atoms with Gasteiger partial charge < -0.3 is 14.8 Å². The number of hydrogen-bond donors (Lipinski definition) is 1. The van der Waals surface area contributed by atoms with Crippen molar-refractivity contribution in [1.29, 1.82) is 0 Å². The van der Waals surface area contributed by atoms with Gasteiger partial charge in [-0.15, -0.1) is 0 Å². The second-order valence-corrected chi connectivity index (χ2v) is 3.43. The van der Waals surface area contributed by atoms with Crippen LogP contribution in [0.2, 0.25) is 0 Å². The largest absolute Gasteiger partial charge is 0.472 e. The normalized spacial score (nSPS) is 20.4. The average molecular weight is 221 g/mol. The molecule has 5 nitrogen and oxygen atoms in total. The van der Waals surface area contributed by atoms with Gasteiger partial charge in [0.05, 0.1) is 19.3 Å². The molecule has 1 saturated heterocycles. The van der Waals surface area contributed by atoms with Gasteiger partial charge in [-0.3, -0.25) is 4.98 Å². The Hall–Kier alpha value is -1.46. The molecular formula is C11H15N3O2. The molecule has 1 fully saturated rings. The maximum absolute atomic E-state index is 5.45. The van der Waals surface area contributed by atoms with E-state index in [1.165, 1.54) is 0 Å². The molecule has 5 heteroatoms. The maximum Gasteiger partial charge on any atom is 0.237 e. The smallest absolute Gasteiger partial charge is 0.237 e. The zero-order chi connectivity index (χ0) is 11.2. The van der Waals surface area contributed by atoms with Crippen molar-refractivity contribution in [2.24, 2.45) is 0 Å². The van der Waals surface area contributed by atoms with Crippen LogP contribution >= 0.6 is 0 Å². The lowest BCUT2D eigenvalue weighted by Crippen LogP contribution is -2.35. The lowest BCUT2D eigenvalue weighted by atomic mass is 10.2. The van der Waals surface area contributed by atoms with E-state index >= 15 is 0 Å². The van der Waals surface area contributed by atoms with Crippen LogP contribution in [0.5, 0.6) is 5.88 Å². The molecule has 1 atom stereocenters. The van der Waals surface area contributed by atoms with Crippen LogP contribution in [-0.2, 0) is 4.74 Å². The van der Waals surface area contributed by atoms with E-state index in [0.717, 1.165) is 18.8 Å². The summed E-state index contributed by atoms with van der Waals surface area (Å²) in [5.41, 5.74) is 0.795. The summed E-state index contributed by atoms with van der Waals surface area (Å²) in [5, 5.41) is 3.32. The molecule has 0 spiro atoms. The van der Waals surface area contributed by atoms with Gasteiger partial charge in [0.15, 0.2) is 0 Å². The minimum atomic E-state index is 0.0577. The van der Waals surface area contributed by atoms with Crippen LogP contribution in [-0.4, -0.2) is 36.3 Å². The van der Waals surface area contributed by atoms with Crippen molar-refractivity contribution in [1.82, 2.24) is 15.3 Å². The van der Waals surface area contributed by atoms with Crippen LogP contribution in [0.25, 0.3) is 0 Å². The van der Waals surface area contributed by atoms with E-state index in [4.69, 9.17) is 9.47 Å². The highest BCUT2D eigenvalue weighted by molar-refractivity contribution is 5.22. The van der Waals surface area contributed by atoms with Gasteiger partial charge in [-0.05, 0) is 0 Å². The monoisotopic (exact) mass is 221 g/mol. The first-order chi connectivity index (χ1) is 7.92. The predicted molar refractivity (Wildman–Crippen MR) is 59.3 cm³/mol. The summed E-state index contributed by atoms with van der Waals surface area (Å²) in [5.74, 6) is 0.547. The van der Waals surface area contributed by atoms with E-state index in [2.05, 4.69) is 21.9 Å². The van der Waals surface area contributed by atoms with Crippen LogP contribution in [0.4, 0.5) is 0 Å². The fourth-order valence-corrected chi connectivity index (χ4v) is 1.57. The van der Waals surface area contributed by atoms with Gasteiger partial charge in [-0.2, -0.15) is 0 Å². The molecule has 0 saturated carbocycles. The Morgan fingerprint density at radius 3 is 3.19 bits per heavy atom. The van der Waals surface area contributed by atoms with E-state index in [1.807, 2.05) is 0 Å². The third-order valence-electron chi connectivity index (χ3n) is 2.28. The van der Waals surface area contributed by atoms with Crippen molar-refractivity contribution in [3.05, 3.63) is 30.7 Å². The second kappa shape index (κ2) is 5.58. The summed E-state index contributed by atoms with van der Waals surface area (Å²) in [7, 11) is 0. The molecule has 1 aliphatic heterocycles. The van der Waals surface area contributed by atoms with Crippen molar-refractivity contribution < 1.29 is 9.47 Å². The minimum absolute atomic E-state index is 0.0577. The summed E-state index contributed by atoms with van der Waals surface area (Å²) >= 11 is 0. The fourth-order valence-electron chi connectivity index (χ4n) is 1.57. The van der Waals surface area contributed by atoms with Crippen LogP contribution in [0.3, 0.4) is 0 Å². The van der Waals surface area contributed by atoms with Crippen LogP contribution in [0.1, 0.15) is 11.7 Å². The lowest BCUT2D eigenvalue weighted by molar-refractivity contribution is 0.0743. The first-order valence-corrected chi connectivity index (χ1v) is 5.27. The zero-order valence-corrected chi connectivity index (χ0v) is 9.06. The van der Waals surface area contributed by atoms with Crippen molar-refractivity contribution in [2.75, 3.05) is 26.4 Å². The third kappa shape index (κ3) is 2.56. The van der Waals surface area contributed by atoms with Crippen molar-refractivity contribution in [3.8, 4) is 5.88 Å². The number of aromatic nitrogens is 2. The lowest BCUT2D eigenvalue weighted by Gasteiger charge is -2.24. The molecule has 1 aromatic rings. The number of hydrogen-bond acceptors (Lipinski definition) is 5. The molecule has 0 amide bonds. The molecule has 86 valence electrons. The first kappa shape index (κ1) is 11.0. The summed E-state index contributed by atoms with van der Waals surface area (Å²) in [6.07, 6.45) is 4.96. The molecule has 16 heavy (non-hydrogen) atoms. The van der Waals surface area contributed by atoms with E-state index in [-0.39, 0.29) is 6.04 Å². The number of rotatable bonds is 4. The highest BCUT2D eigenvalue weighted by Crippen LogP contribution is 2.21. The first-order valence-electron chi connectivity index (χ1n) is 5.27. The Morgan fingerprint density at radius 1 is 1.56 bits per heavy atom. The molecule has 0 aromatic carbocycles. The molecule has 0 aliphatic carbocycles. The average Bonchev–Trinajstić information content (AvgIpc) is 2.38. The summed E-state index contributed by atoms with van der Waals surface area (Å²) in [6.45, 7) is 6.19. The van der Waals surface area contributed by atoms with E-state index < -0.39 is 0 Å². The fraction of sp³-hybridized carbons (Fsp3) is 0.455. The standard InChI is InChI=1S/C11H15N3O2/c1-2-6-16-11-10(13-3-4-14-11)9-8-15-7-5-12-9/h2-4,9,12H,1,5-8H2. The van der Waals surface area contributed by atoms with Crippen molar-refractivity contribution in [2.45, 2.75) is 6.04 Å². The molecule has 2 rings (SSSR count). The van der Waals surface area contributed by atoms with Gasteiger partial charge >= 0.3 is 0 Å². The van der Waals surface area contributed by atoms with E-state index in [9.17, 15) is 0 Å². The molecule has 2 heterocycles. The SMILES string of the molecule is C=CCOc1nccnc1C1COCCN1. The molecule has 1 aromatic heterocycles. The molecule has 0 bridgehead atoms. The number of nitrogens with zero attached hydrogens (tertiary/aromatic N) is 2. The van der Waals surface area contributed by atoms with Gasteiger partial charge in [-0.1, -0.05) is 12.7 Å². The number of ether oxygens (including phenoxy) is 2. The second-order valence-electron chi connectivity index (χ2n) is 3.43. The third-order valence-corrected chi connectivity index (χ3v) is 2.28. The molecule has 1 unspecified atom stereocenters. The van der Waals surface area contributed by atoms with Gasteiger partial charge in [0.25, 0.3) is 0 Å². The van der Waals surface area contributed by atoms with Gasteiger partial charge in [0.2, 0.25) is 5.88 Å². The molecule has 1 aliphatic rings. The number of nitrogens with one attached hydrogen (secondary N) is 1. The topological polar surface area (TPSA) is 56.3 Å². The van der Waals surface area contributed by atoms with E-state index in [0.29, 0.717) is 19.1 Å². The van der Waals surface area contributed by atoms with Crippen molar-refractivity contribution in [3.63, 3.8) is 0 Å². The van der Waals surface area contributed by atoms with Crippen LogP contribution in [0, 0.1) is 0 Å². The Bertz CT molecular complexity index is 351. The summed E-state index contributed by atoms with van der Waals surface area (Å²) in [6, 6.07) is 0.0577. The van der Waals surface area contributed by atoms with Gasteiger partial charge in [0.1, 0.15) is 12.3 Å². The van der Waals surface area contributed by atoms with Gasteiger partial charge in [-0.25, -0.2) is 4.98 Å². The molecular weight excluding hydrogens is 206 g/mol. The minimum Gasteiger partial charge on any atom is -0.472 e. The van der Waals surface area contributed by atoms with Crippen LogP contribution < -0.4 is 10.1 Å². The molecule has 0 radical (unpaired) electrons. The Labute approximate surface area is 94.5 Å². The summed E-state index contributed by atoms with van der Waals surface area (Å²) < 4.78 is 10.8. The predicted octanol–water partition coefficient (Wildman–Crippen LogP) is 0.702. The highest BCUT2D eigenvalue weighted by atomic mass is 16.5. The quantitative estimate of drug-likeness (QED) is 0.758.